The second-order valence-electron chi connectivity index (χ2n) is 4.66. The third-order valence-electron chi connectivity index (χ3n) is 2.69. The predicted molar refractivity (Wildman–Crippen MR) is 68.4 cm³/mol. The van der Waals surface area contributed by atoms with E-state index in [1.54, 1.807) is 26.0 Å². The molecule has 0 bridgehead atoms. The van der Waals surface area contributed by atoms with E-state index in [4.69, 9.17) is 4.74 Å². The van der Waals surface area contributed by atoms with Crippen molar-refractivity contribution in [3.8, 4) is 5.75 Å². The second-order valence-corrected chi connectivity index (χ2v) is 4.66. The highest BCUT2D eigenvalue weighted by Crippen LogP contribution is 2.15. The monoisotopic (exact) mass is 264 g/mol. The van der Waals surface area contributed by atoms with E-state index in [0.717, 1.165) is 5.56 Å². The molecule has 104 valence electrons. The third kappa shape index (κ3) is 4.62. The number of hydrogen-bond acceptors (Lipinski definition) is 4. The number of amides is 1. The minimum Gasteiger partial charge on any atom is -0.548 e. The lowest BCUT2D eigenvalue weighted by Gasteiger charge is -2.23. The zero-order valence-electron chi connectivity index (χ0n) is 11.3. The molecule has 5 heteroatoms. The molecule has 1 rings (SSSR count). The van der Waals surface area contributed by atoms with E-state index in [-0.39, 0.29) is 12.5 Å². The van der Waals surface area contributed by atoms with Crippen LogP contribution in [-0.4, -0.2) is 24.5 Å². The zero-order valence-corrected chi connectivity index (χ0v) is 11.3. The summed E-state index contributed by atoms with van der Waals surface area (Å²) in [5, 5.41) is 13.2. The van der Waals surface area contributed by atoms with Crippen LogP contribution >= 0.6 is 0 Å². The number of ether oxygens (including phenoxy) is 1. The molecule has 1 atom stereocenters. The van der Waals surface area contributed by atoms with Crippen LogP contribution in [0.25, 0.3) is 0 Å². The first-order valence-corrected chi connectivity index (χ1v) is 6.10. The van der Waals surface area contributed by atoms with Crippen molar-refractivity contribution < 1.29 is 19.4 Å². The smallest absolute Gasteiger partial charge is 0.258 e. The average Bonchev–Trinajstić information content (AvgIpc) is 2.34. The van der Waals surface area contributed by atoms with Gasteiger partial charge in [-0.15, -0.1) is 0 Å². The van der Waals surface area contributed by atoms with Crippen LogP contribution < -0.4 is 15.2 Å². The number of aryl methyl sites for hydroxylation is 1. The van der Waals surface area contributed by atoms with Gasteiger partial charge in [0.1, 0.15) is 5.75 Å². The van der Waals surface area contributed by atoms with Crippen LogP contribution in [0.2, 0.25) is 0 Å². The molecule has 1 aromatic carbocycles. The molecule has 0 radical (unpaired) electrons. The molecule has 0 aliphatic heterocycles. The Morgan fingerprint density at radius 1 is 1.32 bits per heavy atom. The molecule has 0 unspecified atom stereocenters. The standard InChI is InChI=1S/C14H19NO4/c1-9(2)13(14(17)18)15-12(16)8-19-11-7-5-4-6-10(11)3/h4-7,9,13H,8H2,1-3H3,(H,15,16)(H,17,18)/p-1/t13-/m0/s1. The van der Waals surface area contributed by atoms with Crippen molar-refractivity contribution in [2.75, 3.05) is 6.61 Å². The first-order valence-electron chi connectivity index (χ1n) is 6.10. The number of rotatable bonds is 6. The van der Waals surface area contributed by atoms with Crippen molar-refractivity contribution in [2.45, 2.75) is 26.8 Å². The summed E-state index contributed by atoms with van der Waals surface area (Å²) in [5.74, 6) is -1.41. The Hall–Kier alpha value is -2.04. The topological polar surface area (TPSA) is 78.5 Å². The largest absolute Gasteiger partial charge is 0.548 e. The van der Waals surface area contributed by atoms with E-state index in [0.29, 0.717) is 5.75 Å². The number of para-hydroxylation sites is 1. The normalized spacial score (nSPS) is 12.0. The summed E-state index contributed by atoms with van der Waals surface area (Å²) in [5.41, 5.74) is 0.913. The van der Waals surface area contributed by atoms with Gasteiger partial charge in [0.25, 0.3) is 5.91 Å². The van der Waals surface area contributed by atoms with E-state index in [9.17, 15) is 14.7 Å². The fourth-order valence-corrected chi connectivity index (χ4v) is 1.57. The highest BCUT2D eigenvalue weighted by molar-refractivity contribution is 5.83. The maximum absolute atomic E-state index is 11.6. The van der Waals surface area contributed by atoms with Crippen molar-refractivity contribution in [1.29, 1.82) is 0 Å². The van der Waals surface area contributed by atoms with E-state index in [1.807, 2.05) is 19.1 Å². The minimum atomic E-state index is -1.29. The van der Waals surface area contributed by atoms with Gasteiger partial charge in [0, 0.05) is 0 Å². The van der Waals surface area contributed by atoms with Gasteiger partial charge in [0.15, 0.2) is 6.61 Å². The molecule has 0 spiro atoms. The predicted octanol–water partition coefficient (Wildman–Crippen LogP) is 0.265. The summed E-state index contributed by atoms with van der Waals surface area (Å²) >= 11 is 0. The zero-order chi connectivity index (χ0) is 14.4. The Bertz CT molecular complexity index is 457. The van der Waals surface area contributed by atoms with Gasteiger partial charge in [-0.25, -0.2) is 0 Å². The van der Waals surface area contributed by atoms with Gasteiger partial charge in [-0.1, -0.05) is 32.0 Å². The van der Waals surface area contributed by atoms with Gasteiger partial charge >= 0.3 is 0 Å². The lowest BCUT2D eigenvalue weighted by Crippen LogP contribution is -2.51. The van der Waals surface area contributed by atoms with Crippen molar-refractivity contribution in [3.05, 3.63) is 29.8 Å². The quantitative estimate of drug-likeness (QED) is 0.799. The van der Waals surface area contributed by atoms with Gasteiger partial charge in [-0.3, -0.25) is 4.79 Å². The van der Waals surface area contributed by atoms with Gasteiger partial charge in [0.05, 0.1) is 12.0 Å². The summed E-state index contributed by atoms with van der Waals surface area (Å²) in [7, 11) is 0. The summed E-state index contributed by atoms with van der Waals surface area (Å²) in [4.78, 5) is 22.5. The Morgan fingerprint density at radius 2 is 1.95 bits per heavy atom. The van der Waals surface area contributed by atoms with Gasteiger partial charge in [-0.2, -0.15) is 0 Å². The summed E-state index contributed by atoms with van der Waals surface area (Å²) in [6.07, 6.45) is 0. The number of aliphatic carboxylic acids is 1. The van der Waals surface area contributed by atoms with Crippen LogP contribution in [0, 0.1) is 12.8 Å². The average molecular weight is 264 g/mol. The van der Waals surface area contributed by atoms with E-state index in [1.165, 1.54) is 0 Å². The molecule has 1 N–H and O–H groups in total. The van der Waals surface area contributed by atoms with Crippen molar-refractivity contribution in [2.24, 2.45) is 5.92 Å². The molecular formula is C14H18NO4-. The van der Waals surface area contributed by atoms with Crippen molar-refractivity contribution in [3.63, 3.8) is 0 Å². The fourth-order valence-electron chi connectivity index (χ4n) is 1.57. The van der Waals surface area contributed by atoms with Crippen LogP contribution in [0.3, 0.4) is 0 Å². The lowest BCUT2D eigenvalue weighted by molar-refractivity contribution is -0.309. The van der Waals surface area contributed by atoms with Crippen LogP contribution in [0.15, 0.2) is 24.3 Å². The van der Waals surface area contributed by atoms with Crippen LogP contribution in [0.4, 0.5) is 0 Å². The van der Waals surface area contributed by atoms with Gasteiger partial charge in [-0.05, 0) is 24.5 Å². The molecule has 0 aliphatic rings. The molecule has 0 saturated carbocycles. The van der Waals surface area contributed by atoms with Crippen LogP contribution in [-0.2, 0) is 9.59 Å². The Balaban J connectivity index is 2.52. The molecule has 0 aliphatic carbocycles. The summed E-state index contributed by atoms with van der Waals surface area (Å²) in [6, 6.07) is 6.28. The minimum absolute atomic E-state index is 0.221. The Kier molecular flexibility index (Phi) is 5.36. The molecular weight excluding hydrogens is 246 g/mol. The molecule has 1 amide bonds. The molecule has 1 aromatic rings. The Labute approximate surface area is 112 Å². The van der Waals surface area contributed by atoms with Crippen molar-refractivity contribution in [1.82, 2.24) is 5.32 Å². The lowest BCUT2D eigenvalue weighted by atomic mass is 10.1. The van der Waals surface area contributed by atoms with Gasteiger partial charge < -0.3 is 20.0 Å². The second kappa shape index (κ2) is 6.78. The third-order valence-corrected chi connectivity index (χ3v) is 2.69. The number of carbonyl (C=O) groups is 2. The van der Waals surface area contributed by atoms with Crippen LogP contribution in [0.1, 0.15) is 19.4 Å². The first kappa shape index (κ1) is 15.0. The number of carbonyl (C=O) groups excluding carboxylic acids is 2. The number of benzene rings is 1. The molecule has 0 heterocycles. The first-order chi connectivity index (χ1) is 8.91. The van der Waals surface area contributed by atoms with E-state index in [2.05, 4.69) is 5.32 Å². The molecule has 0 fully saturated rings. The summed E-state index contributed by atoms with van der Waals surface area (Å²) in [6.45, 7) is 5.04. The van der Waals surface area contributed by atoms with Crippen molar-refractivity contribution >= 4 is 11.9 Å². The number of carboxylic acids is 1. The highest BCUT2D eigenvalue weighted by atomic mass is 16.5. The van der Waals surface area contributed by atoms with E-state index >= 15 is 0 Å². The molecule has 5 nitrogen and oxygen atoms in total. The Morgan fingerprint density at radius 3 is 2.47 bits per heavy atom. The number of nitrogens with one attached hydrogen (secondary N) is 1. The number of hydrogen-bond donors (Lipinski definition) is 1. The van der Waals surface area contributed by atoms with E-state index < -0.39 is 17.9 Å². The summed E-state index contributed by atoms with van der Waals surface area (Å²) < 4.78 is 5.33. The molecule has 19 heavy (non-hydrogen) atoms. The number of carboxylic acid groups (broad SMARTS) is 1. The maximum atomic E-state index is 11.6. The molecule has 0 aromatic heterocycles. The fraction of sp³-hybridized carbons (Fsp3) is 0.429. The SMILES string of the molecule is Cc1ccccc1OCC(=O)N[C@H](C(=O)[O-])C(C)C. The molecule has 0 saturated heterocycles. The maximum Gasteiger partial charge on any atom is 0.258 e. The van der Waals surface area contributed by atoms with Gasteiger partial charge in [0.2, 0.25) is 0 Å². The highest BCUT2D eigenvalue weighted by Gasteiger charge is 2.17. The van der Waals surface area contributed by atoms with Crippen LogP contribution in [0.5, 0.6) is 5.75 Å².